The maximum atomic E-state index is 13.1. The number of H-pyrrole nitrogens is 1. The van der Waals surface area contributed by atoms with Crippen LogP contribution in [-0.4, -0.2) is 33.6 Å². The molecule has 2 atom stereocenters. The number of nitrogens with one attached hydrogen (secondary N) is 1. The van der Waals surface area contributed by atoms with Gasteiger partial charge < -0.3 is 4.90 Å². The molecule has 1 saturated carbocycles. The first kappa shape index (κ1) is 18.2. The third-order valence-electron chi connectivity index (χ3n) is 5.73. The Bertz CT molecular complexity index is 726. The molecule has 1 aliphatic carbocycles. The molecule has 0 bridgehead atoms. The predicted octanol–water partition coefficient (Wildman–Crippen LogP) is 5.19. The zero-order valence-corrected chi connectivity index (χ0v) is 15.3. The second-order valence-electron chi connectivity index (χ2n) is 7.26. The van der Waals surface area contributed by atoms with Gasteiger partial charge in [0.15, 0.2) is 0 Å². The monoisotopic (exact) mass is 359 g/mol. The topological polar surface area (TPSA) is 49.0 Å². The SMILES string of the molecule is C.Cc1n[nH]c(C)c1-c1cc(C(=O)N2CCCC3CCCCC32)cs1. The number of aryl methyl sites for hydroxylation is 2. The van der Waals surface area contributed by atoms with E-state index < -0.39 is 0 Å². The number of hydrogen-bond donors (Lipinski definition) is 1. The summed E-state index contributed by atoms with van der Waals surface area (Å²) in [5.74, 6) is 0.959. The molecule has 25 heavy (non-hydrogen) atoms. The maximum absolute atomic E-state index is 13.1. The number of aromatic amines is 1. The molecule has 0 spiro atoms. The van der Waals surface area contributed by atoms with E-state index in [2.05, 4.69) is 21.2 Å². The summed E-state index contributed by atoms with van der Waals surface area (Å²) < 4.78 is 0. The molecule has 1 N–H and O–H groups in total. The van der Waals surface area contributed by atoms with Crippen LogP contribution in [0, 0.1) is 19.8 Å². The van der Waals surface area contributed by atoms with Gasteiger partial charge in [0, 0.05) is 34.1 Å². The summed E-state index contributed by atoms with van der Waals surface area (Å²) in [7, 11) is 0. The highest BCUT2D eigenvalue weighted by Gasteiger charge is 2.36. The smallest absolute Gasteiger partial charge is 0.254 e. The van der Waals surface area contributed by atoms with Gasteiger partial charge in [-0.05, 0) is 51.5 Å². The van der Waals surface area contributed by atoms with Gasteiger partial charge in [-0.1, -0.05) is 20.3 Å². The first-order valence-corrected chi connectivity index (χ1v) is 9.94. The molecule has 2 aliphatic rings. The van der Waals surface area contributed by atoms with E-state index in [4.69, 9.17) is 0 Å². The lowest BCUT2D eigenvalue weighted by molar-refractivity contribution is 0.0391. The molecule has 5 heteroatoms. The van der Waals surface area contributed by atoms with Crippen molar-refractivity contribution >= 4 is 17.2 Å². The molecule has 4 rings (SSSR count). The molecule has 2 aromatic rings. The van der Waals surface area contributed by atoms with Gasteiger partial charge in [-0.15, -0.1) is 11.3 Å². The fraction of sp³-hybridized carbons (Fsp3) is 0.600. The van der Waals surface area contributed by atoms with Gasteiger partial charge in [-0.25, -0.2) is 0 Å². The van der Waals surface area contributed by atoms with E-state index >= 15 is 0 Å². The average Bonchev–Trinajstić information content (AvgIpc) is 3.20. The molecule has 4 nitrogen and oxygen atoms in total. The van der Waals surface area contributed by atoms with Gasteiger partial charge in [0.1, 0.15) is 0 Å². The van der Waals surface area contributed by atoms with E-state index in [0.717, 1.165) is 46.3 Å². The second kappa shape index (κ2) is 7.32. The van der Waals surface area contributed by atoms with Crippen LogP contribution in [-0.2, 0) is 0 Å². The van der Waals surface area contributed by atoms with Gasteiger partial charge >= 0.3 is 0 Å². The van der Waals surface area contributed by atoms with Crippen molar-refractivity contribution in [2.24, 2.45) is 5.92 Å². The molecule has 3 heterocycles. The van der Waals surface area contributed by atoms with Crippen molar-refractivity contribution in [3.05, 3.63) is 28.4 Å². The lowest BCUT2D eigenvalue weighted by Gasteiger charge is -2.44. The maximum Gasteiger partial charge on any atom is 0.254 e. The Hall–Kier alpha value is -1.62. The first-order chi connectivity index (χ1) is 11.6. The Morgan fingerprint density at radius 2 is 2.00 bits per heavy atom. The number of hydrogen-bond acceptors (Lipinski definition) is 3. The summed E-state index contributed by atoms with van der Waals surface area (Å²) in [6.45, 7) is 4.97. The quantitative estimate of drug-likeness (QED) is 0.802. The van der Waals surface area contributed by atoms with Gasteiger partial charge in [-0.2, -0.15) is 5.10 Å². The summed E-state index contributed by atoms with van der Waals surface area (Å²) in [6, 6.07) is 2.53. The lowest BCUT2D eigenvalue weighted by atomic mass is 9.78. The summed E-state index contributed by atoms with van der Waals surface area (Å²) in [5, 5.41) is 9.34. The van der Waals surface area contributed by atoms with Crippen LogP contribution in [0.25, 0.3) is 10.4 Å². The first-order valence-electron chi connectivity index (χ1n) is 9.06. The van der Waals surface area contributed by atoms with Crippen molar-refractivity contribution in [1.29, 1.82) is 0 Å². The molecule has 2 fully saturated rings. The normalized spacial score (nSPS) is 23.0. The Kier molecular flexibility index (Phi) is 5.32. The lowest BCUT2D eigenvalue weighted by Crippen LogP contribution is -2.49. The molecular formula is C20H29N3OS. The van der Waals surface area contributed by atoms with Crippen molar-refractivity contribution < 1.29 is 4.79 Å². The second-order valence-corrected chi connectivity index (χ2v) is 8.17. The van der Waals surface area contributed by atoms with E-state index in [1.54, 1.807) is 11.3 Å². The van der Waals surface area contributed by atoms with Crippen molar-refractivity contribution in [2.75, 3.05) is 6.54 Å². The highest BCUT2D eigenvalue weighted by molar-refractivity contribution is 7.13. The Morgan fingerprint density at radius 3 is 2.76 bits per heavy atom. The van der Waals surface area contributed by atoms with E-state index in [1.165, 1.54) is 32.1 Å². The molecule has 0 radical (unpaired) electrons. The molecule has 1 aliphatic heterocycles. The highest BCUT2D eigenvalue weighted by atomic mass is 32.1. The third-order valence-corrected chi connectivity index (χ3v) is 6.67. The Balaban J connectivity index is 0.00000182. The predicted molar refractivity (Wildman–Crippen MR) is 104 cm³/mol. The molecule has 2 unspecified atom stereocenters. The fourth-order valence-electron chi connectivity index (χ4n) is 4.54. The zero-order chi connectivity index (χ0) is 16.7. The molecule has 0 aromatic carbocycles. The molecular weight excluding hydrogens is 330 g/mol. The van der Waals surface area contributed by atoms with Crippen LogP contribution in [0.15, 0.2) is 11.4 Å². The highest BCUT2D eigenvalue weighted by Crippen LogP contribution is 2.37. The Labute approximate surface area is 154 Å². The summed E-state index contributed by atoms with van der Waals surface area (Å²) in [6.07, 6.45) is 7.56. The van der Waals surface area contributed by atoms with Crippen LogP contribution in [0.4, 0.5) is 0 Å². The third kappa shape index (κ3) is 3.26. The minimum Gasteiger partial charge on any atom is -0.335 e. The molecule has 136 valence electrons. The summed E-state index contributed by atoms with van der Waals surface area (Å²) >= 11 is 1.65. The van der Waals surface area contributed by atoms with E-state index in [1.807, 2.05) is 19.2 Å². The van der Waals surface area contributed by atoms with Crippen LogP contribution < -0.4 is 0 Å². The van der Waals surface area contributed by atoms with E-state index in [0.29, 0.717) is 6.04 Å². The minimum absolute atomic E-state index is 0. The van der Waals surface area contributed by atoms with Crippen molar-refractivity contribution in [3.63, 3.8) is 0 Å². The van der Waals surface area contributed by atoms with Crippen LogP contribution in [0.5, 0.6) is 0 Å². The van der Waals surface area contributed by atoms with E-state index in [-0.39, 0.29) is 13.3 Å². The van der Waals surface area contributed by atoms with Gasteiger partial charge in [0.25, 0.3) is 5.91 Å². The summed E-state index contributed by atoms with van der Waals surface area (Å²) in [4.78, 5) is 16.4. The number of piperidine rings is 1. The Morgan fingerprint density at radius 1 is 1.24 bits per heavy atom. The van der Waals surface area contributed by atoms with Crippen LogP contribution >= 0.6 is 11.3 Å². The molecule has 2 aromatic heterocycles. The molecule has 1 saturated heterocycles. The van der Waals surface area contributed by atoms with Gasteiger partial charge in [0.2, 0.25) is 0 Å². The van der Waals surface area contributed by atoms with Crippen molar-refractivity contribution in [3.8, 4) is 10.4 Å². The number of carbonyl (C=O) groups is 1. The summed E-state index contributed by atoms with van der Waals surface area (Å²) in [5.41, 5.74) is 4.06. The zero-order valence-electron chi connectivity index (χ0n) is 14.5. The largest absolute Gasteiger partial charge is 0.335 e. The number of fused-ring (bicyclic) bond motifs is 1. The van der Waals surface area contributed by atoms with Crippen molar-refractivity contribution in [2.45, 2.75) is 65.8 Å². The minimum atomic E-state index is 0. The number of thiophene rings is 1. The number of nitrogens with zero attached hydrogens (tertiary/aromatic N) is 2. The number of likely N-dealkylation sites (tertiary alicyclic amines) is 1. The van der Waals surface area contributed by atoms with Crippen LogP contribution in [0.1, 0.15) is 67.7 Å². The van der Waals surface area contributed by atoms with Crippen molar-refractivity contribution in [1.82, 2.24) is 15.1 Å². The van der Waals surface area contributed by atoms with Crippen LogP contribution in [0.2, 0.25) is 0 Å². The standard InChI is InChI=1S/C19H25N3OS.CH4/c1-12-18(13(2)21-20-12)17-10-15(11-24-17)19(23)22-9-5-7-14-6-3-4-8-16(14)22;/h10-11,14,16H,3-9H2,1-2H3,(H,20,21);1H4. The number of carbonyl (C=O) groups excluding carboxylic acids is 1. The average molecular weight is 360 g/mol. The van der Waals surface area contributed by atoms with E-state index in [9.17, 15) is 4.79 Å². The number of amides is 1. The number of aromatic nitrogens is 2. The van der Waals surface area contributed by atoms with Gasteiger partial charge in [-0.3, -0.25) is 9.89 Å². The number of rotatable bonds is 2. The van der Waals surface area contributed by atoms with Crippen LogP contribution in [0.3, 0.4) is 0 Å². The fourth-order valence-corrected chi connectivity index (χ4v) is 5.57. The van der Waals surface area contributed by atoms with Gasteiger partial charge in [0.05, 0.1) is 11.3 Å². The molecule has 1 amide bonds.